The summed E-state index contributed by atoms with van der Waals surface area (Å²) in [5.74, 6) is 0.0442. The number of carbonyl (C=O) groups is 1. The van der Waals surface area contributed by atoms with Crippen LogP contribution in [0, 0.1) is 0 Å². The van der Waals surface area contributed by atoms with Gasteiger partial charge in [0.05, 0.1) is 6.61 Å². The van der Waals surface area contributed by atoms with Crippen LogP contribution in [0.4, 0.5) is 0 Å². The highest BCUT2D eigenvalue weighted by Crippen LogP contribution is 2.09. The average Bonchev–Trinajstić information content (AvgIpc) is 2.34. The minimum Gasteiger partial charge on any atom is -0.508 e. The molecule has 0 aliphatic carbocycles. The van der Waals surface area contributed by atoms with Crippen LogP contribution < -0.4 is 5.32 Å². The van der Waals surface area contributed by atoms with Crippen molar-refractivity contribution >= 4 is 5.91 Å². The number of phenolic OH excluding ortho intramolecular Hbond substituents is 1. The summed E-state index contributed by atoms with van der Waals surface area (Å²) in [6.07, 6.45) is 1.11. The second kappa shape index (κ2) is 6.70. The number of rotatable bonds is 6. The maximum Gasteiger partial charge on any atom is 0.249 e. The topological polar surface area (TPSA) is 58.6 Å². The normalized spacial score (nSPS) is 11.8. The van der Waals surface area contributed by atoms with Crippen molar-refractivity contribution in [1.29, 1.82) is 0 Å². The molecule has 0 spiro atoms. The maximum atomic E-state index is 11.6. The van der Waals surface area contributed by atoms with Crippen LogP contribution >= 0.6 is 0 Å². The number of ether oxygens (including phenoxy) is 1. The first-order valence-electron chi connectivity index (χ1n) is 5.41. The van der Waals surface area contributed by atoms with E-state index in [9.17, 15) is 4.79 Å². The van der Waals surface area contributed by atoms with Crippen LogP contribution in [0.3, 0.4) is 0 Å². The van der Waals surface area contributed by atoms with E-state index in [1.54, 1.807) is 37.3 Å². The number of carbonyl (C=O) groups excluding carboxylic acids is 1. The molecular formula is C13H17NO3. The van der Waals surface area contributed by atoms with Crippen LogP contribution in [0.15, 0.2) is 36.9 Å². The van der Waals surface area contributed by atoms with Gasteiger partial charge in [-0.25, -0.2) is 0 Å². The lowest BCUT2D eigenvalue weighted by atomic mass is 10.2. The van der Waals surface area contributed by atoms with Crippen LogP contribution in [0.5, 0.6) is 5.75 Å². The van der Waals surface area contributed by atoms with E-state index in [4.69, 9.17) is 9.84 Å². The smallest absolute Gasteiger partial charge is 0.249 e. The first-order valence-corrected chi connectivity index (χ1v) is 5.41. The molecule has 0 aromatic heterocycles. The average molecular weight is 235 g/mol. The summed E-state index contributed by atoms with van der Waals surface area (Å²) in [5, 5.41) is 11.8. The zero-order chi connectivity index (χ0) is 12.7. The van der Waals surface area contributed by atoms with Gasteiger partial charge in [0, 0.05) is 6.54 Å². The molecule has 1 atom stereocenters. The highest BCUT2D eigenvalue weighted by atomic mass is 16.5. The second-order valence-corrected chi connectivity index (χ2v) is 3.65. The fourth-order valence-electron chi connectivity index (χ4n) is 1.23. The van der Waals surface area contributed by atoms with Gasteiger partial charge in [-0.3, -0.25) is 4.79 Å². The molecule has 0 saturated heterocycles. The minimum absolute atomic E-state index is 0.167. The molecule has 1 aromatic rings. The molecule has 0 aliphatic rings. The third-order valence-corrected chi connectivity index (χ3v) is 2.24. The lowest BCUT2D eigenvalue weighted by Gasteiger charge is -2.12. The van der Waals surface area contributed by atoms with Crippen molar-refractivity contribution in [1.82, 2.24) is 5.32 Å². The van der Waals surface area contributed by atoms with Crippen LogP contribution in [-0.4, -0.2) is 23.7 Å². The lowest BCUT2D eigenvalue weighted by molar-refractivity contribution is -0.131. The van der Waals surface area contributed by atoms with Gasteiger partial charge in [-0.1, -0.05) is 18.2 Å². The van der Waals surface area contributed by atoms with Gasteiger partial charge in [0.15, 0.2) is 0 Å². The molecule has 1 unspecified atom stereocenters. The van der Waals surface area contributed by atoms with E-state index in [2.05, 4.69) is 11.9 Å². The summed E-state index contributed by atoms with van der Waals surface area (Å²) in [7, 11) is 0. The van der Waals surface area contributed by atoms with Gasteiger partial charge >= 0.3 is 0 Å². The summed E-state index contributed by atoms with van der Waals surface area (Å²) in [6, 6.07) is 6.67. The van der Waals surface area contributed by atoms with E-state index in [-0.39, 0.29) is 11.7 Å². The molecule has 0 radical (unpaired) electrons. The van der Waals surface area contributed by atoms with Gasteiger partial charge in [0.25, 0.3) is 0 Å². The Morgan fingerprint density at radius 2 is 2.18 bits per heavy atom. The molecule has 2 N–H and O–H groups in total. The van der Waals surface area contributed by atoms with Crippen molar-refractivity contribution in [3.05, 3.63) is 42.5 Å². The first kappa shape index (κ1) is 13.3. The first-order chi connectivity index (χ1) is 8.13. The molecule has 0 aliphatic heterocycles. The van der Waals surface area contributed by atoms with Gasteiger partial charge in [-0.2, -0.15) is 0 Å². The van der Waals surface area contributed by atoms with Crippen molar-refractivity contribution in [2.75, 3.05) is 6.61 Å². The summed E-state index contributed by atoms with van der Waals surface area (Å²) in [4.78, 5) is 11.6. The SMILES string of the molecule is C=CCOC(C)C(=O)NCc1ccc(O)cc1. The Hall–Kier alpha value is -1.81. The number of hydrogen-bond donors (Lipinski definition) is 2. The highest BCUT2D eigenvalue weighted by Gasteiger charge is 2.11. The molecular weight excluding hydrogens is 218 g/mol. The Balaban J connectivity index is 2.37. The Bertz CT molecular complexity index is 373. The molecule has 17 heavy (non-hydrogen) atoms. The molecule has 0 heterocycles. The maximum absolute atomic E-state index is 11.6. The molecule has 4 nitrogen and oxygen atoms in total. The zero-order valence-electron chi connectivity index (χ0n) is 9.85. The number of hydrogen-bond acceptors (Lipinski definition) is 3. The van der Waals surface area contributed by atoms with Crippen molar-refractivity contribution in [2.45, 2.75) is 19.6 Å². The van der Waals surface area contributed by atoms with E-state index < -0.39 is 6.10 Å². The lowest BCUT2D eigenvalue weighted by Crippen LogP contribution is -2.34. The summed E-state index contributed by atoms with van der Waals surface area (Å²) in [6.45, 7) is 5.98. The number of phenols is 1. The highest BCUT2D eigenvalue weighted by molar-refractivity contribution is 5.80. The fourth-order valence-corrected chi connectivity index (χ4v) is 1.23. The molecule has 1 aromatic carbocycles. The van der Waals surface area contributed by atoms with E-state index >= 15 is 0 Å². The Morgan fingerprint density at radius 1 is 1.53 bits per heavy atom. The van der Waals surface area contributed by atoms with Gasteiger partial charge in [0.2, 0.25) is 5.91 Å². The van der Waals surface area contributed by atoms with Gasteiger partial charge in [-0.05, 0) is 24.6 Å². The largest absolute Gasteiger partial charge is 0.508 e. The van der Waals surface area contributed by atoms with Crippen LogP contribution in [0.2, 0.25) is 0 Å². The molecule has 0 fully saturated rings. The molecule has 1 rings (SSSR count). The zero-order valence-corrected chi connectivity index (χ0v) is 9.85. The van der Waals surface area contributed by atoms with Crippen molar-refractivity contribution in [2.24, 2.45) is 0 Å². The van der Waals surface area contributed by atoms with Gasteiger partial charge < -0.3 is 15.2 Å². The summed E-state index contributed by atoms with van der Waals surface area (Å²) >= 11 is 0. The Morgan fingerprint density at radius 3 is 2.76 bits per heavy atom. The predicted octanol–water partition coefficient (Wildman–Crippen LogP) is 1.60. The fraction of sp³-hybridized carbons (Fsp3) is 0.308. The van der Waals surface area contributed by atoms with E-state index in [0.717, 1.165) is 5.56 Å². The second-order valence-electron chi connectivity index (χ2n) is 3.65. The van der Waals surface area contributed by atoms with E-state index in [1.807, 2.05) is 0 Å². The van der Waals surface area contributed by atoms with Crippen molar-refractivity contribution in [3.63, 3.8) is 0 Å². The number of amides is 1. The Kier molecular flexibility index (Phi) is 5.23. The predicted molar refractivity (Wildman–Crippen MR) is 65.6 cm³/mol. The minimum atomic E-state index is -0.495. The number of nitrogens with one attached hydrogen (secondary N) is 1. The Labute approximate surface area is 101 Å². The summed E-state index contributed by atoms with van der Waals surface area (Å²) < 4.78 is 5.19. The molecule has 92 valence electrons. The van der Waals surface area contributed by atoms with E-state index in [1.165, 1.54) is 0 Å². The van der Waals surface area contributed by atoms with Gasteiger partial charge in [-0.15, -0.1) is 6.58 Å². The van der Waals surface area contributed by atoms with Crippen molar-refractivity contribution in [3.8, 4) is 5.75 Å². The molecule has 0 bridgehead atoms. The quantitative estimate of drug-likeness (QED) is 0.736. The molecule has 0 saturated carbocycles. The third-order valence-electron chi connectivity index (χ3n) is 2.24. The monoisotopic (exact) mass is 235 g/mol. The molecule has 4 heteroatoms. The van der Waals surface area contributed by atoms with E-state index in [0.29, 0.717) is 13.2 Å². The van der Waals surface area contributed by atoms with Crippen LogP contribution in [-0.2, 0) is 16.1 Å². The van der Waals surface area contributed by atoms with Gasteiger partial charge in [0.1, 0.15) is 11.9 Å². The van der Waals surface area contributed by atoms with Crippen molar-refractivity contribution < 1.29 is 14.6 Å². The van der Waals surface area contributed by atoms with Crippen LogP contribution in [0.25, 0.3) is 0 Å². The number of aromatic hydroxyl groups is 1. The van der Waals surface area contributed by atoms with Crippen LogP contribution in [0.1, 0.15) is 12.5 Å². The number of benzene rings is 1. The summed E-state index contributed by atoms with van der Waals surface area (Å²) in [5.41, 5.74) is 0.923. The molecule has 1 amide bonds. The standard InChI is InChI=1S/C13H17NO3/c1-3-8-17-10(2)13(16)14-9-11-4-6-12(15)7-5-11/h3-7,10,15H,1,8-9H2,2H3,(H,14,16). The third kappa shape index (κ3) is 4.70.